The molecule has 9 nitrogen and oxygen atoms in total. The van der Waals surface area contributed by atoms with Crippen molar-refractivity contribution in [3.8, 4) is 0 Å². The highest BCUT2D eigenvalue weighted by Crippen LogP contribution is 2.33. The van der Waals surface area contributed by atoms with Crippen molar-refractivity contribution in [1.29, 1.82) is 0 Å². The Morgan fingerprint density at radius 3 is 2.48 bits per heavy atom. The molecule has 0 aromatic carbocycles. The maximum atomic E-state index is 12.3. The molecule has 5 aliphatic heterocycles. The second-order valence-electron chi connectivity index (χ2n) is 11.0. The van der Waals surface area contributed by atoms with Gasteiger partial charge in [0.1, 0.15) is 5.60 Å². The van der Waals surface area contributed by atoms with Crippen molar-refractivity contribution in [2.75, 3.05) is 39.4 Å². The molecule has 1 amide bonds. The van der Waals surface area contributed by atoms with Crippen LogP contribution >= 0.6 is 0 Å². The second-order valence-corrected chi connectivity index (χ2v) is 11.0. The van der Waals surface area contributed by atoms with Crippen LogP contribution in [-0.2, 0) is 14.3 Å². The minimum Gasteiger partial charge on any atom is -0.444 e. The summed E-state index contributed by atoms with van der Waals surface area (Å²) in [6.45, 7) is 11.1. The summed E-state index contributed by atoms with van der Waals surface area (Å²) in [5.74, 6) is 1.16. The third kappa shape index (κ3) is 4.72. The van der Waals surface area contributed by atoms with Crippen molar-refractivity contribution in [1.82, 2.24) is 26.1 Å². The normalized spacial score (nSPS) is 38.2. The van der Waals surface area contributed by atoms with E-state index in [2.05, 4.69) is 21.2 Å². The number of hydrogen-bond acceptors (Lipinski definition) is 8. The van der Waals surface area contributed by atoms with Crippen LogP contribution in [0.5, 0.6) is 0 Å². The second kappa shape index (κ2) is 8.76. The van der Waals surface area contributed by atoms with Crippen LogP contribution < -0.4 is 16.2 Å². The summed E-state index contributed by atoms with van der Waals surface area (Å²) in [5, 5.41) is 6.26. The lowest BCUT2D eigenvalue weighted by Gasteiger charge is -2.43. The predicted molar refractivity (Wildman–Crippen MR) is 115 cm³/mol. The topological polar surface area (TPSA) is 87.3 Å². The number of carbonyl (C=O) groups excluding carboxylic acids is 1. The quantitative estimate of drug-likeness (QED) is 0.599. The van der Waals surface area contributed by atoms with Gasteiger partial charge in [-0.2, -0.15) is 5.48 Å². The standard InChI is InChI=1S/C22H39N5O4/c1-22(2,3)30-21(28)26-6-4-14(5-7-26)20-9-18(25-31-20)17-8-19-15(10-23-17)11-24-27(19)16-12-29-13-16/h14-20,23-25H,4-13H2,1-3H3. The number of carbonyl (C=O) groups is 1. The van der Waals surface area contributed by atoms with Gasteiger partial charge in [-0.1, -0.05) is 0 Å². The first-order valence-electron chi connectivity index (χ1n) is 12.1. The molecule has 5 heterocycles. The first-order valence-corrected chi connectivity index (χ1v) is 12.1. The maximum absolute atomic E-state index is 12.3. The summed E-state index contributed by atoms with van der Waals surface area (Å²) in [7, 11) is 0. The molecule has 3 N–H and O–H groups in total. The van der Waals surface area contributed by atoms with Gasteiger partial charge < -0.3 is 19.7 Å². The zero-order valence-electron chi connectivity index (χ0n) is 19.1. The molecule has 0 saturated carbocycles. The van der Waals surface area contributed by atoms with Crippen molar-refractivity contribution in [2.24, 2.45) is 11.8 Å². The number of hydroxylamine groups is 1. The summed E-state index contributed by atoms with van der Waals surface area (Å²) in [6, 6.07) is 1.88. The third-order valence-corrected chi connectivity index (χ3v) is 7.65. The van der Waals surface area contributed by atoms with Crippen LogP contribution in [0.25, 0.3) is 0 Å². The molecular weight excluding hydrogens is 398 g/mol. The summed E-state index contributed by atoms with van der Waals surface area (Å²) in [6.07, 6.45) is 4.15. The Morgan fingerprint density at radius 1 is 1.03 bits per heavy atom. The van der Waals surface area contributed by atoms with Crippen LogP contribution in [0.3, 0.4) is 0 Å². The first kappa shape index (κ1) is 21.9. The number of likely N-dealkylation sites (tertiary alicyclic amines) is 1. The molecule has 5 fully saturated rings. The average Bonchev–Trinajstić information content (AvgIpc) is 3.33. The van der Waals surface area contributed by atoms with Crippen LogP contribution in [0.4, 0.5) is 4.79 Å². The number of hydrazine groups is 1. The largest absolute Gasteiger partial charge is 0.444 e. The molecule has 0 spiro atoms. The molecule has 0 radical (unpaired) electrons. The monoisotopic (exact) mass is 437 g/mol. The van der Waals surface area contributed by atoms with Gasteiger partial charge in [-0.3, -0.25) is 10.3 Å². The molecule has 0 aromatic heterocycles. The fourth-order valence-corrected chi connectivity index (χ4v) is 5.79. The van der Waals surface area contributed by atoms with Gasteiger partial charge in [0.2, 0.25) is 0 Å². The number of nitrogens with one attached hydrogen (secondary N) is 3. The van der Waals surface area contributed by atoms with E-state index in [4.69, 9.17) is 14.3 Å². The van der Waals surface area contributed by atoms with E-state index in [-0.39, 0.29) is 12.2 Å². The maximum Gasteiger partial charge on any atom is 0.410 e. The molecule has 9 heteroatoms. The molecule has 0 bridgehead atoms. The lowest BCUT2D eigenvalue weighted by molar-refractivity contribution is -0.0929. The average molecular weight is 438 g/mol. The molecule has 5 saturated heterocycles. The van der Waals surface area contributed by atoms with Gasteiger partial charge in [-0.15, -0.1) is 0 Å². The number of amides is 1. The van der Waals surface area contributed by atoms with Gasteiger partial charge in [0.15, 0.2) is 0 Å². The van der Waals surface area contributed by atoms with Crippen LogP contribution in [0.1, 0.15) is 46.5 Å². The SMILES string of the molecule is CC(C)(C)OC(=O)N1CCC(C2CC(C3CC4C(CN3)CNN4C3COC3)NO2)CC1. The lowest BCUT2D eigenvalue weighted by atomic mass is 9.83. The van der Waals surface area contributed by atoms with Crippen LogP contribution in [0.2, 0.25) is 0 Å². The zero-order valence-corrected chi connectivity index (χ0v) is 19.1. The van der Waals surface area contributed by atoms with Crippen molar-refractivity contribution < 1.29 is 19.1 Å². The van der Waals surface area contributed by atoms with Gasteiger partial charge in [0, 0.05) is 44.2 Å². The molecule has 0 aromatic rings. The Morgan fingerprint density at radius 2 is 1.81 bits per heavy atom. The van der Waals surface area contributed by atoms with E-state index >= 15 is 0 Å². The van der Waals surface area contributed by atoms with E-state index in [0.717, 1.165) is 65.1 Å². The minimum absolute atomic E-state index is 0.193. The Hall–Kier alpha value is -0.970. The van der Waals surface area contributed by atoms with Gasteiger partial charge in [0.25, 0.3) is 0 Å². The Kier molecular flexibility index (Phi) is 6.17. The van der Waals surface area contributed by atoms with Crippen molar-refractivity contribution >= 4 is 6.09 Å². The minimum atomic E-state index is -0.443. The van der Waals surface area contributed by atoms with E-state index < -0.39 is 5.60 Å². The number of fused-ring (bicyclic) bond motifs is 1. The van der Waals surface area contributed by atoms with E-state index in [0.29, 0.717) is 36.0 Å². The van der Waals surface area contributed by atoms with Gasteiger partial charge >= 0.3 is 6.09 Å². The van der Waals surface area contributed by atoms with Crippen molar-refractivity contribution in [3.05, 3.63) is 0 Å². The van der Waals surface area contributed by atoms with Crippen molar-refractivity contribution in [2.45, 2.75) is 82.3 Å². The molecule has 31 heavy (non-hydrogen) atoms. The smallest absolute Gasteiger partial charge is 0.410 e. The number of piperidine rings is 2. The van der Waals surface area contributed by atoms with Crippen molar-refractivity contribution in [3.63, 3.8) is 0 Å². The highest BCUT2D eigenvalue weighted by atomic mass is 16.7. The first-order chi connectivity index (χ1) is 14.9. The predicted octanol–water partition coefficient (Wildman–Crippen LogP) is 0.861. The van der Waals surface area contributed by atoms with E-state index in [9.17, 15) is 4.79 Å². The molecule has 5 atom stereocenters. The summed E-state index contributed by atoms with van der Waals surface area (Å²) >= 11 is 0. The van der Waals surface area contributed by atoms with Gasteiger partial charge in [-0.25, -0.2) is 9.80 Å². The molecular formula is C22H39N5O4. The number of ether oxygens (including phenoxy) is 2. The molecule has 176 valence electrons. The summed E-state index contributed by atoms with van der Waals surface area (Å²) in [4.78, 5) is 20.2. The van der Waals surface area contributed by atoms with Gasteiger partial charge in [-0.05, 0) is 52.4 Å². The number of nitrogens with zero attached hydrogens (tertiary/aromatic N) is 2. The Balaban J connectivity index is 1.10. The zero-order chi connectivity index (χ0) is 21.6. The summed E-state index contributed by atoms with van der Waals surface area (Å²) in [5.41, 5.74) is 6.54. The fraction of sp³-hybridized carbons (Fsp3) is 0.955. The Labute approximate surface area is 185 Å². The van der Waals surface area contributed by atoms with Crippen LogP contribution in [0, 0.1) is 11.8 Å². The lowest BCUT2D eigenvalue weighted by Crippen LogP contribution is -2.60. The molecule has 5 unspecified atom stereocenters. The molecule has 0 aliphatic carbocycles. The fourth-order valence-electron chi connectivity index (χ4n) is 5.79. The Bertz CT molecular complexity index is 646. The van der Waals surface area contributed by atoms with E-state index in [1.54, 1.807) is 0 Å². The molecule has 5 aliphatic rings. The number of rotatable bonds is 3. The van der Waals surface area contributed by atoms with Crippen LogP contribution in [-0.4, -0.2) is 91.3 Å². The van der Waals surface area contributed by atoms with E-state index in [1.165, 1.54) is 0 Å². The highest BCUT2D eigenvalue weighted by Gasteiger charge is 2.47. The van der Waals surface area contributed by atoms with Crippen LogP contribution in [0.15, 0.2) is 0 Å². The number of hydrogen-bond donors (Lipinski definition) is 3. The third-order valence-electron chi connectivity index (χ3n) is 7.65. The molecule has 5 rings (SSSR count). The highest BCUT2D eigenvalue weighted by molar-refractivity contribution is 5.68. The van der Waals surface area contributed by atoms with E-state index in [1.807, 2.05) is 25.7 Å². The van der Waals surface area contributed by atoms with Gasteiger partial charge in [0.05, 0.1) is 31.4 Å². The summed E-state index contributed by atoms with van der Waals surface area (Å²) < 4.78 is 10.9.